The predicted octanol–water partition coefficient (Wildman–Crippen LogP) is 3.84. The van der Waals surface area contributed by atoms with Crippen LogP contribution in [0.1, 0.15) is 5.89 Å². The number of carbonyl (C=O) groups excluding carboxylic acids is 1. The van der Waals surface area contributed by atoms with Crippen molar-refractivity contribution in [3.63, 3.8) is 0 Å². The Morgan fingerprint density at radius 2 is 1.97 bits per heavy atom. The van der Waals surface area contributed by atoms with E-state index >= 15 is 0 Å². The molecule has 1 fully saturated rings. The number of hydrogen-bond donors (Lipinski definition) is 0. The van der Waals surface area contributed by atoms with Crippen molar-refractivity contribution in [2.24, 2.45) is 0 Å². The summed E-state index contributed by atoms with van der Waals surface area (Å²) in [5.41, 5.74) is 0.995. The molecule has 0 saturated carbocycles. The number of rotatable bonds is 6. The molecular formula is C20H19N5O2S3. The number of amides is 1. The summed E-state index contributed by atoms with van der Waals surface area (Å²) in [5.74, 6) is 1.84. The van der Waals surface area contributed by atoms with Gasteiger partial charge < -0.3 is 9.42 Å². The molecule has 4 aromatic rings. The molecule has 10 heteroatoms. The van der Waals surface area contributed by atoms with Gasteiger partial charge in [-0.1, -0.05) is 35.1 Å². The molecule has 1 saturated heterocycles. The summed E-state index contributed by atoms with van der Waals surface area (Å²) in [6, 6.07) is 12.0. The van der Waals surface area contributed by atoms with Gasteiger partial charge in [0.2, 0.25) is 17.6 Å². The van der Waals surface area contributed by atoms with Gasteiger partial charge in [-0.15, -0.1) is 22.7 Å². The molecule has 0 aliphatic carbocycles. The molecule has 0 bridgehead atoms. The summed E-state index contributed by atoms with van der Waals surface area (Å²) in [6.45, 7) is 3.64. The van der Waals surface area contributed by atoms with Crippen LogP contribution in [0.3, 0.4) is 0 Å². The van der Waals surface area contributed by atoms with Crippen LogP contribution in [0, 0.1) is 0 Å². The third-order valence-electron chi connectivity index (χ3n) is 4.89. The zero-order chi connectivity index (χ0) is 20.3. The van der Waals surface area contributed by atoms with Crippen molar-refractivity contribution < 1.29 is 9.32 Å². The second-order valence-corrected chi connectivity index (χ2v) is 10.1. The Morgan fingerprint density at radius 3 is 2.77 bits per heavy atom. The summed E-state index contributed by atoms with van der Waals surface area (Å²) in [6.07, 6.45) is 0. The molecule has 1 aromatic carbocycles. The quantitative estimate of drug-likeness (QED) is 0.407. The minimum absolute atomic E-state index is 0.164. The van der Waals surface area contributed by atoms with E-state index in [1.54, 1.807) is 22.7 Å². The van der Waals surface area contributed by atoms with Gasteiger partial charge in [-0.05, 0) is 23.6 Å². The third kappa shape index (κ3) is 4.41. The molecule has 0 spiro atoms. The molecule has 3 aromatic heterocycles. The summed E-state index contributed by atoms with van der Waals surface area (Å²) in [5, 5.41) is 6.06. The highest BCUT2D eigenvalue weighted by Crippen LogP contribution is 2.29. The average Bonchev–Trinajstić information content (AvgIpc) is 3.52. The van der Waals surface area contributed by atoms with Gasteiger partial charge in [-0.2, -0.15) is 4.98 Å². The normalized spacial score (nSPS) is 15.1. The van der Waals surface area contributed by atoms with E-state index < -0.39 is 0 Å². The van der Waals surface area contributed by atoms with Crippen LogP contribution >= 0.6 is 34.4 Å². The number of hydrogen-bond acceptors (Lipinski definition) is 9. The lowest BCUT2D eigenvalue weighted by Gasteiger charge is -2.33. The van der Waals surface area contributed by atoms with Crippen LogP contribution in [0.15, 0.2) is 50.6 Å². The minimum Gasteiger partial charge on any atom is -0.339 e. The van der Waals surface area contributed by atoms with Gasteiger partial charge in [-0.25, -0.2) is 4.98 Å². The fourth-order valence-electron chi connectivity index (χ4n) is 3.30. The second-order valence-electron chi connectivity index (χ2n) is 6.88. The summed E-state index contributed by atoms with van der Waals surface area (Å²) in [4.78, 5) is 26.9. The zero-order valence-electron chi connectivity index (χ0n) is 16.1. The standard InChI is InChI=1S/C20H19N5O2S3/c26-18(13-29-20-21-14-4-1-2-5-15(14)30-20)25-9-7-24(8-10-25)12-17-22-19(23-27-17)16-6-3-11-28-16/h1-6,11H,7-10,12-13H2. The predicted molar refractivity (Wildman–Crippen MR) is 120 cm³/mol. The van der Waals surface area contributed by atoms with Crippen molar-refractivity contribution in [2.75, 3.05) is 31.9 Å². The Bertz CT molecular complexity index is 1100. The number of thiazole rings is 1. The van der Waals surface area contributed by atoms with E-state index in [1.807, 2.05) is 40.6 Å². The summed E-state index contributed by atoms with van der Waals surface area (Å²) in [7, 11) is 0. The van der Waals surface area contributed by atoms with E-state index in [-0.39, 0.29) is 5.91 Å². The number of piperazine rings is 1. The molecule has 0 unspecified atom stereocenters. The number of carbonyl (C=O) groups is 1. The molecule has 4 heterocycles. The number of thiophene rings is 1. The average molecular weight is 458 g/mol. The minimum atomic E-state index is 0.164. The molecule has 154 valence electrons. The van der Waals surface area contributed by atoms with Crippen molar-refractivity contribution in [2.45, 2.75) is 10.9 Å². The fraction of sp³-hybridized carbons (Fsp3) is 0.300. The molecule has 0 N–H and O–H groups in total. The molecule has 0 atom stereocenters. The largest absolute Gasteiger partial charge is 0.339 e. The maximum absolute atomic E-state index is 12.6. The fourth-order valence-corrected chi connectivity index (χ4v) is 5.92. The van der Waals surface area contributed by atoms with E-state index in [9.17, 15) is 4.79 Å². The smallest absolute Gasteiger partial charge is 0.241 e. The van der Waals surface area contributed by atoms with Gasteiger partial charge in [0.15, 0.2) is 4.34 Å². The van der Waals surface area contributed by atoms with Crippen LogP contribution in [-0.4, -0.2) is 62.8 Å². The van der Waals surface area contributed by atoms with Crippen LogP contribution in [-0.2, 0) is 11.3 Å². The molecule has 1 aliphatic rings. The van der Waals surface area contributed by atoms with Gasteiger partial charge in [0, 0.05) is 26.2 Å². The van der Waals surface area contributed by atoms with Crippen molar-refractivity contribution in [1.82, 2.24) is 24.9 Å². The van der Waals surface area contributed by atoms with Crippen molar-refractivity contribution >= 4 is 50.6 Å². The first kappa shape index (κ1) is 19.7. The molecule has 1 amide bonds. The molecule has 0 radical (unpaired) electrons. The van der Waals surface area contributed by atoms with E-state index in [2.05, 4.69) is 26.1 Å². The Hall–Kier alpha value is -2.27. The van der Waals surface area contributed by atoms with Gasteiger partial charge >= 0.3 is 0 Å². The first-order valence-corrected chi connectivity index (χ1v) is 12.3. The monoisotopic (exact) mass is 457 g/mol. The SMILES string of the molecule is O=C(CSc1nc2ccccc2s1)N1CCN(Cc2nc(-c3cccs3)no2)CC1. The molecule has 30 heavy (non-hydrogen) atoms. The van der Waals surface area contributed by atoms with E-state index in [1.165, 1.54) is 11.8 Å². The van der Waals surface area contributed by atoms with Crippen molar-refractivity contribution in [3.05, 3.63) is 47.7 Å². The zero-order valence-corrected chi connectivity index (χ0v) is 18.5. The lowest BCUT2D eigenvalue weighted by Crippen LogP contribution is -2.48. The maximum atomic E-state index is 12.6. The van der Waals surface area contributed by atoms with Gasteiger partial charge in [0.05, 0.1) is 27.4 Å². The Morgan fingerprint density at radius 1 is 1.10 bits per heavy atom. The Labute approximate surface area is 185 Å². The lowest BCUT2D eigenvalue weighted by molar-refractivity contribution is -0.130. The topological polar surface area (TPSA) is 75.4 Å². The third-order valence-corrected chi connectivity index (χ3v) is 7.92. The first-order valence-electron chi connectivity index (χ1n) is 9.59. The van der Waals surface area contributed by atoms with Crippen LogP contribution in [0.4, 0.5) is 0 Å². The van der Waals surface area contributed by atoms with Crippen molar-refractivity contribution in [3.8, 4) is 10.7 Å². The Kier molecular flexibility index (Phi) is 5.80. The van der Waals surface area contributed by atoms with Crippen LogP contribution in [0.5, 0.6) is 0 Å². The highest BCUT2D eigenvalue weighted by Gasteiger charge is 2.23. The summed E-state index contributed by atoms with van der Waals surface area (Å²) >= 11 is 4.76. The van der Waals surface area contributed by atoms with Gasteiger partial charge in [0.1, 0.15) is 0 Å². The number of thioether (sulfide) groups is 1. The second kappa shape index (κ2) is 8.84. The van der Waals surface area contributed by atoms with Crippen LogP contribution in [0.2, 0.25) is 0 Å². The maximum Gasteiger partial charge on any atom is 0.241 e. The highest BCUT2D eigenvalue weighted by molar-refractivity contribution is 8.01. The van der Waals surface area contributed by atoms with Gasteiger partial charge in [-0.3, -0.25) is 9.69 Å². The Balaban J connectivity index is 1.10. The molecule has 1 aliphatic heterocycles. The van der Waals surface area contributed by atoms with E-state index in [0.29, 0.717) is 37.1 Å². The van der Waals surface area contributed by atoms with E-state index in [0.717, 1.165) is 32.5 Å². The number of fused-ring (bicyclic) bond motifs is 1. The lowest BCUT2D eigenvalue weighted by atomic mass is 10.3. The first-order chi connectivity index (χ1) is 14.7. The van der Waals surface area contributed by atoms with Crippen molar-refractivity contribution in [1.29, 1.82) is 0 Å². The number of nitrogens with zero attached hydrogens (tertiary/aromatic N) is 5. The molecular weight excluding hydrogens is 438 g/mol. The van der Waals surface area contributed by atoms with E-state index in [4.69, 9.17) is 4.52 Å². The highest BCUT2D eigenvalue weighted by atomic mass is 32.2. The number of para-hydroxylation sites is 1. The van der Waals surface area contributed by atoms with Gasteiger partial charge in [0.25, 0.3) is 0 Å². The van der Waals surface area contributed by atoms with Crippen LogP contribution in [0.25, 0.3) is 20.9 Å². The summed E-state index contributed by atoms with van der Waals surface area (Å²) < 4.78 is 7.49. The number of aromatic nitrogens is 3. The van der Waals surface area contributed by atoms with Crippen LogP contribution < -0.4 is 0 Å². The number of benzene rings is 1. The molecule has 7 nitrogen and oxygen atoms in total. The molecule has 5 rings (SSSR count).